The number of ketones is 1. The summed E-state index contributed by atoms with van der Waals surface area (Å²) in [5.74, 6) is 0.874. The molecule has 1 fully saturated rings. The SMILES string of the molecule is Cc1ccc(C)c(C(=O)CCC(=O)NCc2ccc(N3CCN(C)CC3)nc2)c1. The molecule has 0 aliphatic carbocycles. The molecule has 1 amide bonds. The first-order valence-corrected chi connectivity index (χ1v) is 10.2. The summed E-state index contributed by atoms with van der Waals surface area (Å²) in [6.45, 7) is 8.35. The van der Waals surface area contributed by atoms with E-state index in [9.17, 15) is 9.59 Å². The Morgan fingerprint density at radius 3 is 2.48 bits per heavy atom. The molecule has 3 rings (SSSR count). The molecule has 0 saturated carbocycles. The van der Waals surface area contributed by atoms with Crippen LogP contribution in [0.1, 0.15) is 39.9 Å². The number of pyridine rings is 1. The van der Waals surface area contributed by atoms with Crippen LogP contribution in [0, 0.1) is 13.8 Å². The zero-order chi connectivity index (χ0) is 20.8. The number of hydrogen-bond acceptors (Lipinski definition) is 5. The lowest BCUT2D eigenvalue weighted by atomic mass is 9.99. The van der Waals surface area contributed by atoms with Crippen molar-refractivity contribution in [3.63, 3.8) is 0 Å². The Morgan fingerprint density at radius 1 is 1.03 bits per heavy atom. The van der Waals surface area contributed by atoms with E-state index in [0.29, 0.717) is 12.1 Å². The first kappa shape index (κ1) is 21.0. The normalized spacial score (nSPS) is 14.7. The van der Waals surface area contributed by atoms with Crippen LogP contribution in [0.25, 0.3) is 0 Å². The van der Waals surface area contributed by atoms with Gasteiger partial charge in [0.15, 0.2) is 5.78 Å². The van der Waals surface area contributed by atoms with Crippen LogP contribution in [0.2, 0.25) is 0 Å². The second kappa shape index (κ2) is 9.65. The molecule has 1 aromatic heterocycles. The fourth-order valence-electron chi connectivity index (χ4n) is 3.43. The summed E-state index contributed by atoms with van der Waals surface area (Å²) in [5, 5.41) is 2.89. The Hall–Kier alpha value is -2.73. The van der Waals surface area contributed by atoms with Gasteiger partial charge >= 0.3 is 0 Å². The second-order valence-corrected chi connectivity index (χ2v) is 7.83. The molecule has 0 radical (unpaired) electrons. The van der Waals surface area contributed by atoms with Gasteiger partial charge in [-0.25, -0.2) is 4.98 Å². The van der Waals surface area contributed by atoms with E-state index in [-0.39, 0.29) is 24.5 Å². The fourth-order valence-corrected chi connectivity index (χ4v) is 3.43. The zero-order valence-corrected chi connectivity index (χ0v) is 17.6. The van der Waals surface area contributed by atoms with E-state index in [1.165, 1.54) is 0 Å². The van der Waals surface area contributed by atoms with Gasteiger partial charge in [-0.2, -0.15) is 0 Å². The Kier molecular flexibility index (Phi) is 6.99. The molecule has 1 aliphatic heterocycles. The summed E-state index contributed by atoms with van der Waals surface area (Å²) < 4.78 is 0. The summed E-state index contributed by atoms with van der Waals surface area (Å²) in [5.41, 5.74) is 3.67. The van der Waals surface area contributed by atoms with Crippen LogP contribution < -0.4 is 10.2 Å². The molecule has 2 aromatic rings. The number of carbonyl (C=O) groups excluding carboxylic acids is 2. The molecule has 2 heterocycles. The van der Waals surface area contributed by atoms with E-state index in [1.807, 2.05) is 50.4 Å². The van der Waals surface area contributed by atoms with Gasteiger partial charge in [-0.05, 0) is 44.2 Å². The number of rotatable bonds is 7. The number of nitrogens with one attached hydrogen (secondary N) is 1. The monoisotopic (exact) mass is 394 g/mol. The largest absolute Gasteiger partial charge is 0.354 e. The summed E-state index contributed by atoms with van der Waals surface area (Å²) in [6.07, 6.45) is 2.23. The molecule has 0 bridgehead atoms. The van der Waals surface area contributed by atoms with E-state index in [1.54, 1.807) is 0 Å². The van der Waals surface area contributed by atoms with E-state index in [0.717, 1.165) is 48.7 Å². The van der Waals surface area contributed by atoms with Gasteiger partial charge in [0, 0.05) is 57.3 Å². The fraction of sp³-hybridized carbons (Fsp3) is 0.435. The predicted molar refractivity (Wildman–Crippen MR) is 115 cm³/mol. The number of piperazine rings is 1. The summed E-state index contributed by atoms with van der Waals surface area (Å²) in [4.78, 5) is 33.7. The van der Waals surface area contributed by atoms with Crippen LogP contribution >= 0.6 is 0 Å². The number of aromatic nitrogens is 1. The minimum absolute atomic E-state index is 0.0135. The molecule has 1 N–H and O–H groups in total. The Balaban J connectivity index is 1.44. The highest BCUT2D eigenvalue weighted by atomic mass is 16.2. The lowest BCUT2D eigenvalue weighted by molar-refractivity contribution is -0.121. The molecule has 0 atom stereocenters. The molecule has 6 heteroatoms. The molecule has 0 spiro atoms. The number of hydrogen-bond donors (Lipinski definition) is 1. The lowest BCUT2D eigenvalue weighted by Gasteiger charge is -2.33. The van der Waals surface area contributed by atoms with Crippen molar-refractivity contribution < 1.29 is 9.59 Å². The van der Waals surface area contributed by atoms with Crippen molar-refractivity contribution in [3.8, 4) is 0 Å². The minimum atomic E-state index is -0.119. The molecule has 154 valence electrons. The van der Waals surface area contributed by atoms with Gasteiger partial charge in [0.2, 0.25) is 5.91 Å². The first-order valence-electron chi connectivity index (χ1n) is 10.2. The van der Waals surface area contributed by atoms with Crippen molar-refractivity contribution in [2.24, 2.45) is 0 Å². The third kappa shape index (κ3) is 5.87. The van der Waals surface area contributed by atoms with Gasteiger partial charge in [0.05, 0.1) is 0 Å². The summed E-state index contributed by atoms with van der Waals surface area (Å²) >= 11 is 0. The van der Waals surface area contributed by atoms with Gasteiger partial charge in [0.25, 0.3) is 0 Å². The van der Waals surface area contributed by atoms with Gasteiger partial charge in [-0.1, -0.05) is 23.8 Å². The van der Waals surface area contributed by atoms with Crippen molar-refractivity contribution in [2.45, 2.75) is 33.2 Å². The molecule has 1 aliphatic rings. The molecule has 29 heavy (non-hydrogen) atoms. The third-order valence-electron chi connectivity index (χ3n) is 5.40. The number of anilines is 1. The average molecular weight is 395 g/mol. The quantitative estimate of drug-likeness (QED) is 0.732. The molecule has 1 saturated heterocycles. The molecule has 0 unspecified atom stereocenters. The highest BCUT2D eigenvalue weighted by Gasteiger charge is 2.15. The van der Waals surface area contributed by atoms with Crippen molar-refractivity contribution in [2.75, 3.05) is 38.1 Å². The summed E-state index contributed by atoms with van der Waals surface area (Å²) in [6, 6.07) is 9.84. The van der Waals surface area contributed by atoms with Crippen molar-refractivity contribution in [1.82, 2.24) is 15.2 Å². The molecular weight excluding hydrogens is 364 g/mol. The highest BCUT2D eigenvalue weighted by molar-refractivity contribution is 5.99. The number of nitrogens with zero attached hydrogens (tertiary/aromatic N) is 3. The molecule has 6 nitrogen and oxygen atoms in total. The zero-order valence-electron chi connectivity index (χ0n) is 17.6. The Bertz CT molecular complexity index is 856. The van der Waals surface area contributed by atoms with Gasteiger partial charge in [-0.3, -0.25) is 9.59 Å². The number of carbonyl (C=O) groups is 2. The number of aryl methyl sites for hydroxylation is 2. The van der Waals surface area contributed by atoms with Crippen LogP contribution in [0.15, 0.2) is 36.5 Å². The maximum absolute atomic E-state index is 12.4. The van der Waals surface area contributed by atoms with Crippen LogP contribution in [0.5, 0.6) is 0 Å². The molecule has 1 aromatic carbocycles. The first-order chi connectivity index (χ1) is 13.9. The number of Topliss-reactive ketones (excluding diaryl/α,β-unsaturated/α-hetero) is 1. The number of likely N-dealkylation sites (N-methyl/N-ethyl adjacent to an activating group) is 1. The lowest BCUT2D eigenvalue weighted by Crippen LogP contribution is -2.44. The van der Waals surface area contributed by atoms with Crippen molar-refractivity contribution in [3.05, 3.63) is 58.8 Å². The van der Waals surface area contributed by atoms with Crippen molar-refractivity contribution >= 4 is 17.5 Å². The maximum atomic E-state index is 12.4. The number of benzene rings is 1. The molecular formula is C23H30N4O2. The van der Waals surface area contributed by atoms with E-state index in [4.69, 9.17) is 0 Å². The van der Waals surface area contributed by atoms with Crippen LogP contribution in [0.3, 0.4) is 0 Å². The highest BCUT2D eigenvalue weighted by Crippen LogP contribution is 2.15. The average Bonchev–Trinajstić information content (AvgIpc) is 2.73. The number of amides is 1. The predicted octanol–water partition coefficient (Wildman–Crippen LogP) is 2.73. The van der Waals surface area contributed by atoms with Crippen LogP contribution in [-0.2, 0) is 11.3 Å². The topological polar surface area (TPSA) is 65.5 Å². The van der Waals surface area contributed by atoms with E-state index >= 15 is 0 Å². The van der Waals surface area contributed by atoms with Gasteiger partial charge in [-0.15, -0.1) is 0 Å². The standard InChI is InChI=1S/C23H30N4O2/c1-17-4-5-18(2)20(14-17)21(28)7-9-23(29)25-16-19-6-8-22(24-15-19)27-12-10-26(3)11-13-27/h4-6,8,14-15H,7,9-13,16H2,1-3H3,(H,25,29). The van der Waals surface area contributed by atoms with Crippen LogP contribution in [0.4, 0.5) is 5.82 Å². The third-order valence-corrected chi connectivity index (χ3v) is 5.40. The van der Waals surface area contributed by atoms with Gasteiger partial charge in [0.1, 0.15) is 5.82 Å². The smallest absolute Gasteiger partial charge is 0.220 e. The summed E-state index contributed by atoms with van der Waals surface area (Å²) in [7, 11) is 2.13. The van der Waals surface area contributed by atoms with E-state index < -0.39 is 0 Å². The maximum Gasteiger partial charge on any atom is 0.220 e. The Labute approximate surface area is 172 Å². The van der Waals surface area contributed by atoms with Crippen molar-refractivity contribution in [1.29, 1.82) is 0 Å². The van der Waals surface area contributed by atoms with Crippen LogP contribution in [-0.4, -0.2) is 54.8 Å². The van der Waals surface area contributed by atoms with Gasteiger partial charge < -0.3 is 15.1 Å². The van der Waals surface area contributed by atoms with E-state index in [2.05, 4.69) is 27.1 Å². The Morgan fingerprint density at radius 2 is 1.79 bits per heavy atom. The second-order valence-electron chi connectivity index (χ2n) is 7.83. The minimum Gasteiger partial charge on any atom is -0.354 e.